The second kappa shape index (κ2) is 5.67. The molecule has 0 aromatic carbocycles. The Morgan fingerprint density at radius 1 is 1.35 bits per heavy atom. The van der Waals surface area contributed by atoms with Gasteiger partial charge in [0.25, 0.3) is 0 Å². The topological polar surface area (TPSA) is 29.9 Å². The zero-order valence-electron chi connectivity index (χ0n) is 12.2. The quantitative estimate of drug-likeness (QED) is 0.852. The van der Waals surface area contributed by atoms with E-state index in [4.69, 9.17) is 0 Å². The molecule has 0 amide bonds. The molecule has 0 radical (unpaired) electrons. The predicted molar refractivity (Wildman–Crippen MR) is 73.4 cm³/mol. The molecule has 0 fully saturated rings. The summed E-state index contributed by atoms with van der Waals surface area (Å²) in [6.45, 7) is 14.1. The van der Waals surface area contributed by atoms with Crippen molar-refractivity contribution in [3.8, 4) is 0 Å². The van der Waals surface area contributed by atoms with Gasteiger partial charge in [-0.05, 0) is 41.0 Å². The second-order valence-electron chi connectivity index (χ2n) is 5.90. The van der Waals surface area contributed by atoms with Crippen LogP contribution in [0.25, 0.3) is 0 Å². The largest absolute Gasteiger partial charge is 0.330 e. The number of hydrogen-bond acceptors (Lipinski definition) is 2. The van der Waals surface area contributed by atoms with E-state index in [-0.39, 0.29) is 5.54 Å². The van der Waals surface area contributed by atoms with Crippen LogP contribution in [-0.4, -0.2) is 21.6 Å². The lowest BCUT2D eigenvalue weighted by Crippen LogP contribution is -2.39. The molecule has 1 atom stereocenters. The number of aromatic nitrogens is 2. The highest BCUT2D eigenvalue weighted by atomic mass is 15.1. The van der Waals surface area contributed by atoms with Gasteiger partial charge in [-0.15, -0.1) is 0 Å². The Balaban J connectivity index is 2.75. The van der Waals surface area contributed by atoms with Crippen LogP contribution < -0.4 is 5.32 Å². The standard InChI is InChI=1S/C14H27N3/c1-7-8-13(9-16-14(4,5)6)17-10-15-11(2)12(17)3/h10,13,16H,7-9H2,1-6H3. The monoisotopic (exact) mass is 237 g/mol. The number of nitrogens with one attached hydrogen (secondary N) is 1. The molecule has 0 aliphatic heterocycles. The van der Waals surface area contributed by atoms with E-state index in [9.17, 15) is 0 Å². The van der Waals surface area contributed by atoms with Crippen LogP contribution in [0.1, 0.15) is 58.0 Å². The van der Waals surface area contributed by atoms with E-state index in [2.05, 4.69) is 56.4 Å². The van der Waals surface area contributed by atoms with Crippen molar-refractivity contribution >= 4 is 0 Å². The van der Waals surface area contributed by atoms with Gasteiger partial charge in [0.15, 0.2) is 0 Å². The first kappa shape index (κ1) is 14.2. The first-order chi connectivity index (χ1) is 7.85. The van der Waals surface area contributed by atoms with Crippen LogP contribution in [0.15, 0.2) is 6.33 Å². The predicted octanol–water partition coefficient (Wildman–Crippen LogP) is 3.23. The van der Waals surface area contributed by atoms with Crippen LogP contribution in [0.2, 0.25) is 0 Å². The highest BCUT2D eigenvalue weighted by molar-refractivity contribution is 5.10. The molecule has 17 heavy (non-hydrogen) atoms. The molecule has 0 aliphatic rings. The molecule has 0 spiro atoms. The van der Waals surface area contributed by atoms with Gasteiger partial charge >= 0.3 is 0 Å². The van der Waals surface area contributed by atoms with Crippen molar-refractivity contribution in [2.24, 2.45) is 0 Å². The summed E-state index contributed by atoms with van der Waals surface area (Å²) in [5.74, 6) is 0. The van der Waals surface area contributed by atoms with Crippen molar-refractivity contribution in [2.45, 2.75) is 66.0 Å². The lowest BCUT2D eigenvalue weighted by atomic mass is 10.1. The number of aryl methyl sites for hydroxylation is 1. The molecule has 1 heterocycles. The number of rotatable bonds is 5. The Morgan fingerprint density at radius 2 is 2.00 bits per heavy atom. The van der Waals surface area contributed by atoms with E-state index in [0.29, 0.717) is 6.04 Å². The van der Waals surface area contributed by atoms with Crippen molar-refractivity contribution in [3.05, 3.63) is 17.7 Å². The molecule has 1 rings (SSSR count). The summed E-state index contributed by atoms with van der Waals surface area (Å²) in [5.41, 5.74) is 2.61. The zero-order valence-corrected chi connectivity index (χ0v) is 12.2. The van der Waals surface area contributed by atoms with Gasteiger partial charge in [0, 0.05) is 23.8 Å². The van der Waals surface area contributed by atoms with Crippen molar-refractivity contribution in [1.82, 2.24) is 14.9 Å². The SMILES string of the molecule is CCCC(CNC(C)(C)C)n1cnc(C)c1C. The van der Waals surface area contributed by atoms with E-state index < -0.39 is 0 Å². The second-order valence-corrected chi connectivity index (χ2v) is 5.90. The lowest BCUT2D eigenvalue weighted by molar-refractivity contribution is 0.350. The fourth-order valence-electron chi connectivity index (χ4n) is 1.98. The van der Waals surface area contributed by atoms with Crippen LogP contribution in [0.4, 0.5) is 0 Å². The molecule has 1 aromatic rings. The highest BCUT2D eigenvalue weighted by Crippen LogP contribution is 2.18. The minimum Gasteiger partial charge on any atom is -0.330 e. The third kappa shape index (κ3) is 4.15. The summed E-state index contributed by atoms with van der Waals surface area (Å²) in [6.07, 6.45) is 4.38. The van der Waals surface area contributed by atoms with Crippen LogP contribution in [0, 0.1) is 13.8 Å². The Morgan fingerprint density at radius 3 is 2.41 bits per heavy atom. The van der Waals surface area contributed by atoms with E-state index in [1.165, 1.54) is 18.5 Å². The van der Waals surface area contributed by atoms with Crippen molar-refractivity contribution < 1.29 is 0 Å². The Labute approximate surface area is 106 Å². The van der Waals surface area contributed by atoms with Crippen LogP contribution in [0.3, 0.4) is 0 Å². The minimum absolute atomic E-state index is 0.176. The van der Waals surface area contributed by atoms with Gasteiger partial charge in [0.2, 0.25) is 0 Å². The van der Waals surface area contributed by atoms with Gasteiger partial charge in [0.05, 0.1) is 12.0 Å². The highest BCUT2D eigenvalue weighted by Gasteiger charge is 2.16. The van der Waals surface area contributed by atoms with Crippen molar-refractivity contribution in [2.75, 3.05) is 6.54 Å². The smallest absolute Gasteiger partial charge is 0.0954 e. The van der Waals surface area contributed by atoms with E-state index in [0.717, 1.165) is 12.2 Å². The number of hydrogen-bond donors (Lipinski definition) is 1. The van der Waals surface area contributed by atoms with E-state index >= 15 is 0 Å². The summed E-state index contributed by atoms with van der Waals surface area (Å²) in [5, 5.41) is 3.59. The zero-order chi connectivity index (χ0) is 13.1. The van der Waals surface area contributed by atoms with E-state index in [1.54, 1.807) is 0 Å². The average Bonchev–Trinajstić information content (AvgIpc) is 2.54. The van der Waals surface area contributed by atoms with Crippen molar-refractivity contribution in [3.63, 3.8) is 0 Å². The molecular weight excluding hydrogens is 210 g/mol. The Hall–Kier alpha value is -0.830. The van der Waals surface area contributed by atoms with Gasteiger partial charge in [-0.25, -0.2) is 4.98 Å². The number of imidazole rings is 1. The first-order valence-electron chi connectivity index (χ1n) is 6.60. The third-order valence-corrected chi connectivity index (χ3v) is 3.17. The van der Waals surface area contributed by atoms with E-state index in [1.807, 2.05) is 6.33 Å². The Kier molecular flexibility index (Phi) is 4.75. The van der Waals surface area contributed by atoms with Gasteiger partial charge in [0.1, 0.15) is 0 Å². The Bertz CT molecular complexity index is 347. The molecular formula is C14H27N3. The molecule has 98 valence electrons. The molecule has 0 saturated carbocycles. The summed E-state index contributed by atoms with van der Waals surface area (Å²) in [4.78, 5) is 4.40. The van der Waals surface area contributed by atoms with Crippen LogP contribution >= 0.6 is 0 Å². The molecule has 0 bridgehead atoms. The fraction of sp³-hybridized carbons (Fsp3) is 0.786. The molecule has 1 N–H and O–H groups in total. The summed E-state index contributed by atoms with van der Waals surface area (Å²) >= 11 is 0. The average molecular weight is 237 g/mol. The van der Waals surface area contributed by atoms with Gasteiger partial charge in [-0.1, -0.05) is 13.3 Å². The molecule has 1 aromatic heterocycles. The molecule has 3 nitrogen and oxygen atoms in total. The summed E-state index contributed by atoms with van der Waals surface area (Å²) < 4.78 is 2.32. The third-order valence-electron chi connectivity index (χ3n) is 3.17. The molecule has 0 saturated heterocycles. The molecule has 3 heteroatoms. The molecule has 0 aliphatic carbocycles. The number of nitrogens with zero attached hydrogens (tertiary/aromatic N) is 2. The maximum atomic E-state index is 4.40. The summed E-state index contributed by atoms with van der Waals surface area (Å²) in [7, 11) is 0. The maximum Gasteiger partial charge on any atom is 0.0954 e. The lowest BCUT2D eigenvalue weighted by Gasteiger charge is -2.26. The first-order valence-corrected chi connectivity index (χ1v) is 6.60. The minimum atomic E-state index is 0.176. The normalized spacial score (nSPS) is 14.0. The van der Waals surface area contributed by atoms with Crippen LogP contribution in [-0.2, 0) is 0 Å². The van der Waals surface area contributed by atoms with Crippen LogP contribution in [0.5, 0.6) is 0 Å². The van der Waals surface area contributed by atoms with Gasteiger partial charge in [-0.3, -0.25) is 0 Å². The van der Waals surface area contributed by atoms with Gasteiger partial charge in [-0.2, -0.15) is 0 Å². The maximum absolute atomic E-state index is 4.40. The summed E-state index contributed by atoms with van der Waals surface area (Å²) in [6, 6.07) is 0.514. The van der Waals surface area contributed by atoms with Gasteiger partial charge < -0.3 is 9.88 Å². The fourth-order valence-corrected chi connectivity index (χ4v) is 1.98. The van der Waals surface area contributed by atoms with Crippen molar-refractivity contribution in [1.29, 1.82) is 0 Å². The molecule has 1 unspecified atom stereocenters.